The maximum Gasteiger partial charge on any atom is 0.228 e. The zero-order valence-electron chi connectivity index (χ0n) is 10.7. The maximum atomic E-state index is 12.4. The van der Waals surface area contributed by atoms with E-state index in [9.17, 15) is 4.79 Å². The van der Waals surface area contributed by atoms with Gasteiger partial charge in [0.05, 0.1) is 12.5 Å². The topological polar surface area (TPSA) is 29.5 Å². The summed E-state index contributed by atoms with van der Waals surface area (Å²) in [6.45, 7) is 0. The van der Waals surface area contributed by atoms with Crippen LogP contribution in [0.5, 0.6) is 0 Å². The average Bonchev–Trinajstić information content (AvgIpc) is 2.95. The van der Waals surface area contributed by atoms with Gasteiger partial charge in [0.2, 0.25) is 5.91 Å². The molecule has 3 atom stereocenters. The van der Waals surface area contributed by atoms with Crippen LogP contribution in [0.25, 0.3) is 0 Å². The van der Waals surface area contributed by atoms with Crippen LogP contribution in [0.15, 0.2) is 17.5 Å². The first-order chi connectivity index (χ1) is 8.78. The Morgan fingerprint density at radius 3 is 2.72 bits per heavy atom. The van der Waals surface area contributed by atoms with E-state index in [2.05, 4.69) is 4.90 Å². The van der Waals surface area contributed by atoms with Crippen LogP contribution in [0.1, 0.15) is 30.6 Å². The summed E-state index contributed by atoms with van der Waals surface area (Å²) in [5, 5.41) is 2.04. The highest BCUT2D eigenvalue weighted by molar-refractivity contribution is 7.10. The molecule has 1 amide bonds. The lowest BCUT2D eigenvalue weighted by Crippen LogP contribution is -2.48. The number of ether oxygens (including phenoxy) is 1. The fraction of sp³-hybridized carbons (Fsp3) is 0.643. The Kier molecular flexibility index (Phi) is 3.39. The molecule has 0 aliphatic carbocycles. The summed E-state index contributed by atoms with van der Waals surface area (Å²) in [6.07, 6.45) is 5.27. The lowest BCUT2D eigenvalue weighted by molar-refractivity contribution is -0.137. The van der Waals surface area contributed by atoms with Crippen LogP contribution in [0, 0.1) is 0 Å². The Morgan fingerprint density at radius 2 is 2.17 bits per heavy atom. The molecule has 1 aromatic rings. The van der Waals surface area contributed by atoms with E-state index in [1.807, 2.05) is 17.5 Å². The second-order valence-corrected chi connectivity index (χ2v) is 6.30. The van der Waals surface area contributed by atoms with Gasteiger partial charge in [0.1, 0.15) is 0 Å². The van der Waals surface area contributed by atoms with Gasteiger partial charge in [0, 0.05) is 24.1 Å². The highest BCUT2D eigenvalue weighted by atomic mass is 32.1. The molecule has 3 nitrogen and oxygen atoms in total. The number of piperidine rings is 1. The van der Waals surface area contributed by atoms with Crippen molar-refractivity contribution in [2.75, 3.05) is 7.11 Å². The van der Waals surface area contributed by atoms with Gasteiger partial charge >= 0.3 is 0 Å². The molecule has 2 saturated heterocycles. The Labute approximate surface area is 112 Å². The van der Waals surface area contributed by atoms with Gasteiger partial charge < -0.3 is 9.64 Å². The van der Waals surface area contributed by atoms with Crippen LogP contribution in [0.2, 0.25) is 0 Å². The molecule has 2 aliphatic rings. The molecule has 2 fully saturated rings. The van der Waals surface area contributed by atoms with Crippen LogP contribution < -0.4 is 0 Å². The molecule has 1 unspecified atom stereocenters. The molecule has 3 rings (SSSR count). The van der Waals surface area contributed by atoms with Gasteiger partial charge in [0.15, 0.2) is 0 Å². The van der Waals surface area contributed by atoms with Crippen molar-refractivity contribution in [2.24, 2.45) is 0 Å². The van der Waals surface area contributed by atoms with Gasteiger partial charge in [-0.3, -0.25) is 4.79 Å². The van der Waals surface area contributed by atoms with Crippen molar-refractivity contribution in [3.05, 3.63) is 22.4 Å². The van der Waals surface area contributed by atoms with Gasteiger partial charge in [0.25, 0.3) is 0 Å². The first-order valence-corrected chi connectivity index (χ1v) is 7.52. The Hall–Kier alpha value is -0.870. The molecular weight excluding hydrogens is 246 g/mol. The van der Waals surface area contributed by atoms with E-state index in [0.717, 1.165) is 25.7 Å². The first kappa shape index (κ1) is 12.2. The minimum absolute atomic E-state index is 0.305. The van der Waals surface area contributed by atoms with Gasteiger partial charge in [-0.15, -0.1) is 11.3 Å². The minimum Gasteiger partial charge on any atom is -0.381 e. The summed E-state index contributed by atoms with van der Waals surface area (Å²) in [7, 11) is 1.78. The summed E-state index contributed by atoms with van der Waals surface area (Å²) in [4.78, 5) is 15.7. The molecular formula is C14H19NO2S. The van der Waals surface area contributed by atoms with Crippen LogP contribution in [0.3, 0.4) is 0 Å². The highest BCUT2D eigenvalue weighted by Crippen LogP contribution is 2.37. The standard InChI is InChI=1S/C14H19NO2S/c1-17-12-7-10-4-5-11(8-12)15(10)14(16)9-13-3-2-6-18-13/h2-3,6,10-12H,4-5,7-9H2,1H3/t10-,11+,12?. The molecule has 0 radical (unpaired) electrons. The van der Waals surface area contributed by atoms with Crippen molar-refractivity contribution in [3.63, 3.8) is 0 Å². The van der Waals surface area contributed by atoms with Gasteiger partial charge in [-0.1, -0.05) is 6.07 Å². The smallest absolute Gasteiger partial charge is 0.228 e. The molecule has 0 aromatic carbocycles. The number of amides is 1. The summed E-state index contributed by atoms with van der Waals surface area (Å²) < 4.78 is 5.47. The normalized spacial score (nSPS) is 30.7. The van der Waals surface area contributed by atoms with E-state index in [0.29, 0.717) is 30.5 Å². The fourth-order valence-corrected chi connectivity index (χ4v) is 4.08. The number of methoxy groups -OCH3 is 1. The first-order valence-electron chi connectivity index (χ1n) is 6.64. The van der Waals surface area contributed by atoms with E-state index in [1.165, 1.54) is 4.88 Å². The largest absolute Gasteiger partial charge is 0.381 e. The van der Waals surface area contributed by atoms with E-state index in [4.69, 9.17) is 4.74 Å². The van der Waals surface area contributed by atoms with Crippen molar-refractivity contribution in [2.45, 2.75) is 50.3 Å². The number of carbonyl (C=O) groups is 1. The molecule has 18 heavy (non-hydrogen) atoms. The number of thiophene rings is 1. The number of hydrogen-bond donors (Lipinski definition) is 0. The third kappa shape index (κ3) is 2.19. The number of rotatable bonds is 3. The maximum absolute atomic E-state index is 12.4. The molecule has 0 saturated carbocycles. The van der Waals surface area contributed by atoms with Crippen LogP contribution in [-0.4, -0.2) is 36.1 Å². The Morgan fingerprint density at radius 1 is 1.44 bits per heavy atom. The van der Waals surface area contributed by atoms with Crippen LogP contribution >= 0.6 is 11.3 Å². The van der Waals surface area contributed by atoms with E-state index in [-0.39, 0.29) is 0 Å². The van der Waals surface area contributed by atoms with E-state index >= 15 is 0 Å². The minimum atomic E-state index is 0.305. The Bertz CT molecular complexity index is 403. The summed E-state index contributed by atoms with van der Waals surface area (Å²) >= 11 is 1.67. The predicted molar refractivity (Wildman–Crippen MR) is 71.7 cm³/mol. The molecule has 98 valence electrons. The molecule has 2 aliphatic heterocycles. The lowest BCUT2D eigenvalue weighted by Gasteiger charge is -2.38. The number of fused-ring (bicyclic) bond motifs is 2. The van der Waals surface area contributed by atoms with E-state index in [1.54, 1.807) is 18.4 Å². The second-order valence-electron chi connectivity index (χ2n) is 5.27. The molecule has 2 bridgehead atoms. The summed E-state index contributed by atoms with van der Waals surface area (Å²) in [5.74, 6) is 0.305. The van der Waals surface area contributed by atoms with Gasteiger partial charge in [-0.25, -0.2) is 0 Å². The SMILES string of the molecule is COC1C[C@H]2CC[C@@H](C1)N2C(=O)Cc1cccs1. The third-order valence-electron chi connectivity index (χ3n) is 4.22. The molecule has 4 heteroatoms. The molecule has 1 aromatic heterocycles. The second kappa shape index (κ2) is 5.02. The van der Waals surface area contributed by atoms with Gasteiger partial charge in [-0.05, 0) is 37.1 Å². The average molecular weight is 265 g/mol. The quantitative estimate of drug-likeness (QED) is 0.840. The monoisotopic (exact) mass is 265 g/mol. The third-order valence-corrected chi connectivity index (χ3v) is 5.09. The van der Waals surface area contributed by atoms with Crippen molar-refractivity contribution in [3.8, 4) is 0 Å². The summed E-state index contributed by atoms with van der Waals surface area (Å²) in [6, 6.07) is 4.90. The highest BCUT2D eigenvalue weighted by Gasteiger charge is 2.43. The van der Waals surface area contributed by atoms with Gasteiger partial charge in [-0.2, -0.15) is 0 Å². The van der Waals surface area contributed by atoms with Crippen molar-refractivity contribution in [1.29, 1.82) is 0 Å². The fourth-order valence-electron chi connectivity index (χ4n) is 3.38. The van der Waals surface area contributed by atoms with Crippen molar-refractivity contribution in [1.82, 2.24) is 4.90 Å². The summed E-state index contributed by atoms with van der Waals surface area (Å²) in [5.41, 5.74) is 0. The van der Waals surface area contributed by atoms with Crippen molar-refractivity contribution < 1.29 is 9.53 Å². The molecule has 0 N–H and O–H groups in total. The Balaban J connectivity index is 1.68. The number of nitrogens with zero attached hydrogens (tertiary/aromatic N) is 1. The van der Waals surface area contributed by atoms with Crippen LogP contribution in [0.4, 0.5) is 0 Å². The predicted octanol–water partition coefficient (Wildman–Crippen LogP) is 2.46. The van der Waals surface area contributed by atoms with Crippen LogP contribution in [-0.2, 0) is 16.0 Å². The van der Waals surface area contributed by atoms with Crippen molar-refractivity contribution >= 4 is 17.2 Å². The lowest BCUT2D eigenvalue weighted by atomic mass is 9.99. The van der Waals surface area contributed by atoms with E-state index < -0.39 is 0 Å². The zero-order chi connectivity index (χ0) is 12.5. The zero-order valence-corrected chi connectivity index (χ0v) is 11.5. The molecule has 0 spiro atoms. The number of carbonyl (C=O) groups excluding carboxylic acids is 1. The number of hydrogen-bond acceptors (Lipinski definition) is 3. The molecule has 3 heterocycles.